The van der Waals surface area contributed by atoms with E-state index in [1.54, 1.807) is 10.7 Å². The fourth-order valence-electron chi connectivity index (χ4n) is 4.22. The largest absolute Gasteiger partial charge is 0.448 e. The van der Waals surface area contributed by atoms with Crippen molar-refractivity contribution >= 4 is 28.0 Å². The van der Waals surface area contributed by atoms with Gasteiger partial charge in [-0.2, -0.15) is 5.10 Å². The van der Waals surface area contributed by atoms with Gasteiger partial charge in [-0.3, -0.25) is 14.2 Å². The topological polar surface area (TPSA) is 95.0 Å². The molecule has 8 heteroatoms. The first-order valence-corrected chi connectivity index (χ1v) is 11.5. The van der Waals surface area contributed by atoms with Crippen molar-refractivity contribution < 1.29 is 9.21 Å². The van der Waals surface area contributed by atoms with Gasteiger partial charge in [-0.1, -0.05) is 60.7 Å². The number of carbonyl (C=O) groups is 1. The molecule has 1 amide bonds. The van der Waals surface area contributed by atoms with E-state index in [4.69, 9.17) is 9.52 Å². The molecule has 176 valence electrons. The predicted octanol–water partition coefficient (Wildman–Crippen LogP) is 4.31. The van der Waals surface area contributed by atoms with Crippen LogP contribution in [0, 0.1) is 0 Å². The number of para-hydroxylation sites is 2. The molecule has 3 aromatic carbocycles. The van der Waals surface area contributed by atoms with E-state index in [1.807, 2.05) is 85.1 Å². The maximum absolute atomic E-state index is 12.9. The summed E-state index contributed by atoms with van der Waals surface area (Å²) in [5, 5.41) is 8.45. The van der Waals surface area contributed by atoms with Crippen LogP contribution in [-0.4, -0.2) is 25.2 Å². The third-order valence-corrected chi connectivity index (χ3v) is 6.00. The molecule has 0 bridgehead atoms. The van der Waals surface area contributed by atoms with Crippen molar-refractivity contribution in [3.8, 4) is 16.9 Å². The van der Waals surface area contributed by atoms with E-state index in [1.165, 1.54) is 10.9 Å². The summed E-state index contributed by atoms with van der Waals surface area (Å²) in [6.45, 7) is 0.0806. The SMILES string of the molecule is O=C(Cn1cnc2c(oc3ccccc32)c1=O)NCc1cn(-c2ccccc2)nc1-c1ccccc1. The number of nitrogens with one attached hydrogen (secondary N) is 1. The van der Waals surface area contributed by atoms with Gasteiger partial charge in [-0.25, -0.2) is 9.67 Å². The van der Waals surface area contributed by atoms with Gasteiger partial charge in [0, 0.05) is 29.3 Å². The maximum Gasteiger partial charge on any atom is 0.297 e. The quantitative estimate of drug-likeness (QED) is 0.387. The fraction of sp³-hybridized carbons (Fsp3) is 0.0714. The molecule has 0 aliphatic carbocycles. The molecule has 0 atom stereocenters. The van der Waals surface area contributed by atoms with Crippen LogP contribution in [0.1, 0.15) is 5.56 Å². The number of carbonyl (C=O) groups excluding carboxylic acids is 1. The summed E-state index contributed by atoms with van der Waals surface area (Å²) in [4.78, 5) is 30.1. The first kappa shape index (κ1) is 21.5. The van der Waals surface area contributed by atoms with Crippen LogP contribution in [0.3, 0.4) is 0 Å². The van der Waals surface area contributed by atoms with Gasteiger partial charge in [0.05, 0.1) is 17.7 Å². The number of nitrogens with zero attached hydrogens (tertiary/aromatic N) is 4. The van der Waals surface area contributed by atoms with E-state index in [9.17, 15) is 9.59 Å². The van der Waals surface area contributed by atoms with Gasteiger partial charge in [0.15, 0.2) is 0 Å². The third kappa shape index (κ3) is 3.94. The summed E-state index contributed by atoms with van der Waals surface area (Å²) < 4.78 is 8.76. The minimum absolute atomic E-state index is 0.141. The van der Waals surface area contributed by atoms with E-state index in [2.05, 4.69) is 10.3 Å². The highest BCUT2D eigenvalue weighted by Crippen LogP contribution is 2.25. The lowest BCUT2D eigenvalue weighted by Gasteiger charge is -2.07. The number of hydrogen-bond donors (Lipinski definition) is 1. The molecule has 0 unspecified atom stereocenters. The Morgan fingerprint density at radius 1 is 0.917 bits per heavy atom. The van der Waals surface area contributed by atoms with Crippen molar-refractivity contribution in [2.75, 3.05) is 0 Å². The standard InChI is InChI=1S/C28H21N5O3/c34-24(17-32-18-30-26-22-13-7-8-14-23(22)36-27(26)28(32)35)29-15-20-16-33(21-11-5-2-6-12-21)31-25(20)19-9-3-1-4-10-19/h1-14,16,18H,15,17H2,(H,29,34). The van der Waals surface area contributed by atoms with Crippen LogP contribution in [-0.2, 0) is 17.9 Å². The maximum atomic E-state index is 12.9. The molecule has 0 fully saturated rings. The van der Waals surface area contributed by atoms with E-state index < -0.39 is 5.56 Å². The van der Waals surface area contributed by atoms with Crippen LogP contribution in [0.25, 0.3) is 39.0 Å². The van der Waals surface area contributed by atoms with E-state index in [-0.39, 0.29) is 24.6 Å². The normalized spacial score (nSPS) is 11.2. The smallest absolute Gasteiger partial charge is 0.297 e. The molecule has 3 heterocycles. The number of fused-ring (bicyclic) bond motifs is 3. The van der Waals surface area contributed by atoms with Crippen LogP contribution in [0.5, 0.6) is 0 Å². The number of aromatic nitrogens is 4. The number of furan rings is 1. The van der Waals surface area contributed by atoms with Crippen LogP contribution < -0.4 is 10.9 Å². The number of rotatable bonds is 6. The molecule has 36 heavy (non-hydrogen) atoms. The fourth-order valence-corrected chi connectivity index (χ4v) is 4.22. The molecule has 0 aliphatic rings. The number of benzene rings is 3. The van der Waals surface area contributed by atoms with E-state index in [0.29, 0.717) is 11.1 Å². The summed E-state index contributed by atoms with van der Waals surface area (Å²) in [5.41, 5.74) is 4.33. The second-order valence-corrected chi connectivity index (χ2v) is 8.38. The minimum atomic E-state index is -0.395. The van der Waals surface area contributed by atoms with E-state index >= 15 is 0 Å². The predicted molar refractivity (Wildman–Crippen MR) is 137 cm³/mol. The van der Waals surface area contributed by atoms with Crippen LogP contribution in [0.15, 0.2) is 107 Å². The number of amides is 1. The summed E-state index contributed by atoms with van der Waals surface area (Å²) in [5.74, 6) is -0.319. The molecule has 0 spiro atoms. The Morgan fingerprint density at radius 3 is 2.44 bits per heavy atom. The molecule has 0 saturated carbocycles. The first-order valence-electron chi connectivity index (χ1n) is 11.5. The van der Waals surface area contributed by atoms with Crippen molar-refractivity contribution in [3.63, 3.8) is 0 Å². The van der Waals surface area contributed by atoms with Crippen molar-refractivity contribution in [3.05, 3.63) is 113 Å². The van der Waals surface area contributed by atoms with Gasteiger partial charge in [-0.05, 0) is 24.3 Å². The highest BCUT2D eigenvalue weighted by Gasteiger charge is 2.16. The van der Waals surface area contributed by atoms with Crippen LogP contribution in [0.2, 0.25) is 0 Å². The summed E-state index contributed by atoms with van der Waals surface area (Å²) in [6, 6.07) is 26.9. The molecule has 0 radical (unpaired) electrons. The summed E-state index contributed by atoms with van der Waals surface area (Å²) in [6.07, 6.45) is 3.29. The second-order valence-electron chi connectivity index (χ2n) is 8.38. The van der Waals surface area contributed by atoms with Crippen molar-refractivity contribution in [1.29, 1.82) is 0 Å². The van der Waals surface area contributed by atoms with Crippen LogP contribution >= 0.6 is 0 Å². The van der Waals surface area contributed by atoms with Gasteiger partial charge < -0.3 is 9.73 Å². The van der Waals surface area contributed by atoms with Crippen molar-refractivity contribution in [2.45, 2.75) is 13.1 Å². The Labute approximate surface area is 205 Å². The van der Waals surface area contributed by atoms with Crippen molar-refractivity contribution in [2.24, 2.45) is 0 Å². The Bertz CT molecular complexity index is 1750. The molecule has 0 aliphatic heterocycles. The van der Waals surface area contributed by atoms with Crippen LogP contribution in [0.4, 0.5) is 0 Å². The van der Waals surface area contributed by atoms with Crippen molar-refractivity contribution in [1.82, 2.24) is 24.6 Å². The molecule has 8 nitrogen and oxygen atoms in total. The zero-order valence-electron chi connectivity index (χ0n) is 19.2. The molecule has 6 aromatic rings. The molecule has 3 aromatic heterocycles. The minimum Gasteiger partial charge on any atom is -0.448 e. The third-order valence-electron chi connectivity index (χ3n) is 6.00. The zero-order valence-corrected chi connectivity index (χ0v) is 19.2. The lowest BCUT2D eigenvalue weighted by Crippen LogP contribution is -2.32. The molecular formula is C28H21N5O3. The molecule has 6 rings (SSSR count). The lowest BCUT2D eigenvalue weighted by molar-refractivity contribution is -0.121. The second kappa shape index (κ2) is 8.99. The Morgan fingerprint density at radius 2 is 1.64 bits per heavy atom. The molecular weight excluding hydrogens is 454 g/mol. The van der Waals surface area contributed by atoms with Gasteiger partial charge >= 0.3 is 0 Å². The number of hydrogen-bond acceptors (Lipinski definition) is 5. The van der Waals surface area contributed by atoms with E-state index in [0.717, 1.165) is 27.9 Å². The van der Waals surface area contributed by atoms with Gasteiger partial charge in [0.1, 0.15) is 17.6 Å². The molecule has 0 saturated heterocycles. The van der Waals surface area contributed by atoms with Gasteiger partial charge in [0.25, 0.3) is 5.56 Å². The average molecular weight is 476 g/mol. The summed E-state index contributed by atoms with van der Waals surface area (Å²) in [7, 11) is 0. The molecule has 1 N–H and O–H groups in total. The highest BCUT2D eigenvalue weighted by atomic mass is 16.3. The lowest BCUT2D eigenvalue weighted by atomic mass is 10.1. The Balaban J connectivity index is 1.25. The van der Waals surface area contributed by atoms with Gasteiger partial charge in [0.2, 0.25) is 11.5 Å². The summed E-state index contributed by atoms with van der Waals surface area (Å²) >= 11 is 0. The monoisotopic (exact) mass is 475 g/mol. The zero-order chi connectivity index (χ0) is 24.5. The Kier molecular flexibility index (Phi) is 5.38. The highest BCUT2D eigenvalue weighted by molar-refractivity contribution is 6.01. The first-order chi connectivity index (χ1) is 17.7. The average Bonchev–Trinajstić information content (AvgIpc) is 3.53. The van der Waals surface area contributed by atoms with Gasteiger partial charge in [-0.15, -0.1) is 0 Å². The Hall–Kier alpha value is -4.98.